The molecule has 2 aromatic rings. The minimum absolute atomic E-state index is 0.155. The van der Waals surface area contributed by atoms with Gasteiger partial charge in [-0.15, -0.1) is 0 Å². The number of halogens is 1. The first-order valence-electron chi connectivity index (χ1n) is 12.0. The molecule has 4 bridgehead atoms. The van der Waals surface area contributed by atoms with E-state index in [-0.39, 0.29) is 17.0 Å². The van der Waals surface area contributed by atoms with Crippen molar-refractivity contribution in [3.05, 3.63) is 39.9 Å². The quantitative estimate of drug-likeness (QED) is 0.613. The van der Waals surface area contributed by atoms with Crippen LogP contribution in [0.4, 0.5) is 10.1 Å². The second kappa shape index (κ2) is 7.30. The van der Waals surface area contributed by atoms with Crippen LogP contribution in [-0.4, -0.2) is 40.8 Å². The van der Waals surface area contributed by atoms with Crippen LogP contribution >= 0.6 is 0 Å². The fourth-order valence-electron chi connectivity index (χ4n) is 6.74. The van der Waals surface area contributed by atoms with Crippen LogP contribution in [0.3, 0.4) is 0 Å². The van der Waals surface area contributed by atoms with Crippen molar-refractivity contribution in [2.24, 2.45) is 11.3 Å². The maximum absolute atomic E-state index is 15.1. The van der Waals surface area contributed by atoms with Crippen molar-refractivity contribution in [1.82, 2.24) is 9.88 Å². The van der Waals surface area contributed by atoms with Gasteiger partial charge in [-0.2, -0.15) is 0 Å². The third-order valence-electron chi connectivity index (χ3n) is 8.52. The van der Waals surface area contributed by atoms with Gasteiger partial charge in [0.1, 0.15) is 11.4 Å². The molecule has 0 unspecified atom stereocenters. The average molecular weight is 440 g/mol. The Kier molecular flexibility index (Phi) is 4.61. The molecule has 5 fully saturated rings. The number of fused-ring (bicyclic) bond motifs is 3. The zero-order valence-electron chi connectivity index (χ0n) is 18.3. The maximum Gasteiger partial charge on any atom is 0.341 e. The van der Waals surface area contributed by atoms with Gasteiger partial charge < -0.3 is 19.9 Å². The third-order valence-corrected chi connectivity index (χ3v) is 8.52. The molecule has 2 N–H and O–H groups in total. The van der Waals surface area contributed by atoms with Crippen molar-refractivity contribution < 1.29 is 14.3 Å². The fourth-order valence-corrected chi connectivity index (χ4v) is 6.74. The van der Waals surface area contributed by atoms with E-state index in [1.807, 2.05) is 4.57 Å². The smallest absolute Gasteiger partial charge is 0.341 e. The van der Waals surface area contributed by atoms with Gasteiger partial charge in [0.15, 0.2) is 0 Å². The fraction of sp³-hybridized carbons (Fsp3) is 0.600. The predicted molar refractivity (Wildman–Crippen MR) is 121 cm³/mol. The van der Waals surface area contributed by atoms with Gasteiger partial charge in [0.05, 0.1) is 11.2 Å². The lowest BCUT2D eigenvalue weighted by Gasteiger charge is -2.62. The molecule has 5 aliphatic rings. The number of nitrogens with zero attached hydrogens (tertiary/aromatic N) is 2. The molecule has 7 rings (SSSR count). The van der Waals surface area contributed by atoms with E-state index in [0.717, 1.165) is 38.3 Å². The highest BCUT2D eigenvalue weighted by Gasteiger charge is 2.55. The number of benzene rings is 1. The first-order chi connectivity index (χ1) is 15.4. The number of nitrogens with one attached hydrogen (secondary N) is 1. The molecule has 2 aliphatic heterocycles. The molecule has 3 heterocycles. The standard InChI is InChI=1S/C25H30FN3O3/c26-20-7-18-21(8-22(20)29-13-16-6-17(29)12-27-16)28(14-19(23(18)30)24(31)32)5-3-1-2-4-25-9-15(10-25)11-25/h7-8,14-17,27H,1-6,9-13H2,(H,31,32)/t15?,16-,17-,25?/m0/s1. The van der Waals surface area contributed by atoms with E-state index in [4.69, 9.17) is 0 Å². The Morgan fingerprint density at radius 1 is 1.22 bits per heavy atom. The number of aryl methyl sites for hydroxylation is 1. The second-order valence-corrected chi connectivity index (χ2v) is 10.6. The largest absolute Gasteiger partial charge is 0.477 e. The van der Waals surface area contributed by atoms with Crippen molar-refractivity contribution in [2.45, 2.75) is 70.0 Å². The van der Waals surface area contributed by atoms with Gasteiger partial charge in [-0.1, -0.05) is 12.8 Å². The number of unbranched alkanes of at least 4 members (excludes halogenated alkanes) is 2. The molecule has 0 spiro atoms. The predicted octanol–water partition coefficient (Wildman–Crippen LogP) is 3.75. The molecular formula is C25H30FN3O3. The number of rotatable bonds is 8. The minimum Gasteiger partial charge on any atom is -0.477 e. The van der Waals surface area contributed by atoms with Crippen molar-refractivity contribution in [2.75, 3.05) is 18.0 Å². The van der Waals surface area contributed by atoms with Gasteiger partial charge in [-0.3, -0.25) is 4.79 Å². The molecule has 170 valence electrons. The summed E-state index contributed by atoms with van der Waals surface area (Å²) in [7, 11) is 0. The number of anilines is 1. The van der Waals surface area contributed by atoms with Crippen LogP contribution in [0.5, 0.6) is 0 Å². The zero-order chi connectivity index (χ0) is 22.0. The Labute approximate surface area is 186 Å². The molecule has 3 aliphatic carbocycles. The van der Waals surface area contributed by atoms with Gasteiger partial charge in [0.25, 0.3) is 0 Å². The number of aromatic nitrogens is 1. The lowest BCUT2D eigenvalue weighted by Crippen LogP contribution is -2.51. The van der Waals surface area contributed by atoms with E-state index in [1.165, 1.54) is 44.4 Å². The molecule has 3 saturated carbocycles. The van der Waals surface area contributed by atoms with Gasteiger partial charge in [0.2, 0.25) is 5.43 Å². The summed E-state index contributed by atoms with van der Waals surface area (Å²) in [5.41, 5.74) is 0.907. The summed E-state index contributed by atoms with van der Waals surface area (Å²) in [6, 6.07) is 3.66. The van der Waals surface area contributed by atoms with Crippen LogP contribution in [0.15, 0.2) is 23.1 Å². The number of hydrogen-bond acceptors (Lipinski definition) is 4. The van der Waals surface area contributed by atoms with Gasteiger partial charge in [-0.25, -0.2) is 9.18 Å². The first-order valence-corrected chi connectivity index (χ1v) is 12.0. The number of carboxylic acid groups (broad SMARTS) is 1. The normalized spacial score (nSPS) is 29.9. The van der Waals surface area contributed by atoms with Crippen LogP contribution in [0.2, 0.25) is 0 Å². The van der Waals surface area contributed by atoms with E-state index >= 15 is 4.39 Å². The molecule has 7 heteroatoms. The highest BCUT2D eigenvalue weighted by Crippen LogP contribution is 2.66. The lowest BCUT2D eigenvalue weighted by molar-refractivity contribution is -0.113. The van der Waals surface area contributed by atoms with Gasteiger partial charge >= 0.3 is 5.97 Å². The summed E-state index contributed by atoms with van der Waals surface area (Å²) in [5, 5.41) is 13.1. The van der Waals surface area contributed by atoms with Crippen LogP contribution in [0.25, 0.3) is 10.9 Å². The Morgan fingerprint density at radius 3 is 2.66 bits per heavy atom. The minimum atomic E-state index is -1.26. The van der Waals surface area contributed by atoms with Crippen molar-refractivity contribution in [3.8, 4) is 0 Å². The summed E-state index contributed by atoms with van der Waals surface area (Å²) in [4.78, 5) is 26.6. The summed E-state index contributed by atoms with van der Waals surface area (Å²) >= 11 is 0. The lowest BCUT2D eigenvalue weighted by atomic mass is 9.43. The first kappa shape index (κ1) is 20.2. The highest BCUT2D eigenvalue weighted by atomic mass is 19.1. The molecule has 2 atom stereocenters. The van der Waals surface area contributed by atoms with E-state index < -0.39 is 17.2 Å². The highest BCUT2D eigenvalue weighted by molar-refractivity contribution is 5.93. The Hall–Kier alpha value is -2.41. The molecule has 6 nitrogen and oxygen atoms in total. The van der Waals surface area contributed by atoms with Gasteiger partial charge in [0, 0.05) is 43.3 Å². The SMILES string of the molecule is O=C(O)c1cn(CCCCCC23CC(C2)C3)c2cc(N3C[C@@H]4C[C@H]3CN4)c(F)cc2c1=O. The number of pyridine rings is 1. The monoisotopic (exact) mass is 439 g/mol. The molecule has 0 amide bonds. The maximum atomic E-state index is 15.1. The molecule has 0 radical (unpaired) electrons. The van der Waals surface area contributed by atoms with Crippen molar-refractivity contribution in [3.63, 3.8) is 0 Å². The number of carbonyl (C=O) groups is 1. The summed E-state index contributed by atoms with van der Waals surface area (Å²) in [6.07, 6.45) is 11.2. The van der Waals surface area contributed by atoms with Crippen LogP contribution in [-0.2, 0) is 6.54 Å². The third kappa shape index (κ3) is 3.16. The number of piperazine rings is 1. The molecular weight excluding hydrogens is 409 g/mol. The van der Waals surface area contributed by atoms with Gasteiger partial charge in [-0.05, 0) is 62.0 Å². The summed E-state index contributed by atoms with van der Waals surface area (Å²) < 4.78 is 16.9. The van der Waals surface area contributed by atoms with E-state index in [1.54, 1.807) is 6.07 Å². The van der Waals surface area contributed by atoms with Crippen LogP contribution in [0, 0.1) is 17.2 Å². The van der Waals surface area contributed by atoms with Crippen molar-refractivity contribution >= 4 is 22.6 Å². The molecule has 32 heavy (non-hydrogen) atoms. The Morgan fingerprint density at radius 2 is 2.03 bits per heavy atom. The second-order valence-electron chi connectivity index (χ2n) is 10.6. The topological polar surface area (TPSA) is 74.6 Å². The Balaban J connectivity index is 1.28. The van der Waals surface area contributed by atoms with E-state index in [2.05, 4.69) is 10.2 Å². The molecule has 2 saturated heterocycles. The summed E-state index contributed by atoms with van der Waals surface area (Å²) in [6.45, 7) is 2.23. The summed E-state index contributed by atoms with van der Waals surface area (Å²) in [5.74, 6) is -0.704. The number of hydrogen-bond donors (Lipinski definition) is 2. The van der Waals surface area contributed by atoms with Crippen LogP contribution in [0.1, 0.15) is 61.7 Å². The zero-order valence-corrected chi connectivity index (χ0v) is 18.3. The average Bonchev–Trinajstić information content (AvgIpc) is 3.33. The number of aromatic carboxylic acids is 1. The van der Waals surface area contributed by atoms with E-state index in [0.29, 0.717) is 29.2 Å². The van der Waals surface area contributed by atoms with Crippen LogP contribution < -0.4 is 15.6 Å². The van der Waals surface area contributed by atoms with Crippen molar-refractivity contribution in [1.29, 1.82) is 0 Å². The molecule has 1 aromatic heterocycles. The number of carboxylic acids is 1. The Bertz CT molecular complexity index is 1140. The van der Waals surface area contributed by atoms with E-state index in [9.17, 15) is 14.7 Å². The molecule has 1 aromatic carbocycles.